The molecule has 23 heavy (non-hydrogen) atoms. The van der Waals surface area contributed by atoms with E-state index in [-0.39, 0.29) is 11.1 Å². The summed E-state index contributed by atoms with van der Waals surface area (Å²) in [5.41, 5.74) is -0.0648. The molecule has 0 amide bonds. The SMILES string of the molecule is O=c1c2ccsc2ncn1CCCn1cnc2sccc2c1=O. The summed E-state index contributed by atoms with van der Waals surface area (Å²) in [4.78, 5) is 34.7. The van der Waals surface area contributed by atoms with E-state index in [1.165, 1.54) is 22.7 Å². The van der Waals surface area contributed by atoms with Crippen molar-refractivity contribution in [3.05, 3.63) is 56.3 Å². The molecule has 4 aromatic rings. The van der Waals surface area contributed by atoms with Crippen molar-refractivity contribution in [3.63, 3.8) is 0 Å². The minimum Gasteiger partial charge on any atom is -0.299 e. The van der Waals surface area contributed by atoms with E-state index in [0.29, 0.717) is 30.3 Å². The quantitative estimate of drug-likeness (QED) is 0.570. The lowest BCUT2D eigenvalue weighted by Gasteiger charge is -2.07. The molecule has 0 aliphatic heterocycles. The van der Waals surface area contributed by atoms with Crippen molar-refractivity contribution in [1.29, 1.82) is 0 Å². The number of fused-ring (bicyclic) bond motifs is 2. The van der Waals surface area contributed by atoms with E-state index in [1.807, 2.05) is 10.8 Å². The standard InChI is InChI=1S/C15H12N4O2S2/c20-14-10-2-6-22-12(10)16-8-18(14)4-1-5-19-9-17-13-11(15(19)21)3-7-23-13/h2-3,6-9H,1,4-5H2. The Morgan fingerprint density at radius 3 is 1.78 bits per heavy atom. The molecule has 6 nitrogen and oxygen atoms in total. The van der Waals surface area contributed by atoms with Crippen LogP contribution in [0.25, 0.3) is 20.4 Å². The molecule has 0 fully saturated rings. The van der Waals surface area contributed by atoms with Gasteiger partial charge < -0.3 is 0 Å². The zero-order valence-corrected chi connectivity index (χ0v) is 13.6. The zero-order chi connectivity index (χ0) is 15.8. The van der Waals surface area contributed by atoms with E-state index in [9.17, 15) is 9.59 Å². The van der Waals surface area contributed by atoms with Crippen LogP contribution in [-0.2, 0) is 13.1 Å². The number of nitrogens with zero attached hydrogens (tertiary/aromatic N) is 4. The van der Waals surface area contributed by atoms with Crippen LogP contribution in [0.1, 0.15) is 6.42 Å². The molecule has 0 saturated carbocycles. The number of aryl methyl sites for hydroxylation is 2. The lowest BCUT2D eigenvalue weighted by atomic mass is 10.3. The van der Waals surface area contributed by atoms with Crippen molar-refractivity contribution < 1.29 is 0 Å². The van der Waals surface area contributed by atoms with Crippen LogP contribution in [0.4, 0.5) is 0 Å². The molecule has 0 bridgehead atoms. The number of thiophene rings is 2. The van der Waals surface area contributed by atoms with Crippen molar-refractivity contribution in [1.82, 2.24) is 19.1 Å². The Balaban J connectivity index is 1.54. The van der Waals surface area contributed by atoms with Gasteiger partial charge in [0, 0.05) is 13.1 Å². The first-order valence-corrected chi connectivity index (χ1v) is 8.85. The van der Waals surface area contributed by atoms with E-state index < -0.39 is 0 Å². The topological polar surface area (TPSA) is 69.8 Å². The summed E-state index contributed by atoms with van der Waals surface area (Å²) in [6, 6.07) is 3.59. The van der Waals surface area contributed by atoms with Crippen molar-refractivity contribution >= 4 is 43.1 Å². The number of aromatic nitrogens is 4. The normalized spacial score (nSPS) is 11.5. The Hall–Kier alpha value is -2.32. The van der Waals surface area contributed by atoms with Gasteiger partial charge in [0.05, 0.1) is 23.4 Å². The highest BCUT2D eigenvalue weighted by atomic mass is 32.1. The van der Waals surface area contributed by atoms with Crippen molar-refractivity contribution in [3.8, 4) is 0 Å². The predicted molar refractivity (Wildman–Crippen MR) is 92.4 cm³/mol. The Kier molecular flexibility index (Phi) is 3.55. The molecule has 0 aromatic carbocycles. The summed E-state index contributed by atoms with van der Waals surface area (Å²) in [5.74, 6) is 0. The lowest BCUT2D eigenvalue weighted by molar-refractivity contribution is 0.539. The van der Waals surface area contributed by atoms with Crippen LogP contribution in [0.15, 0.2) is 45.1 Å². The van der Waals surface area contributed by atoms with Gasteiger partial charge in [-0.1, -0.05) is 0 Å². The average Bonchev–Trinajstić information content (AvgIpc) is 3.21. The van der Waals surface area contributed by atoms with E-state index in [1.54, 1.807) is 33.9 Å². The van der Waals surface area contributed by atoms with Gasteiger partial charge in [0.25, 0.3) is 11.1 Å². The fourth-order valence-electron chi connectivity index (χ4n) is 2.52. The first kappa shape index (κ1) is 14.3. The van der Waals surface area contributed by atoms with Gasteiger partial charge in [-0.05, 0) is 29.3 Å². The molecule has 0 aliphatic rings. The van der Waals surface area contributed by atoms with Crippen LogP contribution < -0.4 is 11.1 Å². The Bertz CT molecular complexity index is 1020. The molecular weight excluding hydrogens is 332 g/mol. The maximum atomic E-state index is 12.3. The summed E-state index contributed by atoms with van der Waals surface area (Å²) < 4.78 is 3.19. The van der Waals surface area contributed by atoms with Crippen LogP contribution in [0, 0.1) is 0 Å². The molecular formula is C15H12N4O2S2. The van der Waals surface area contributed by atoms with Crippen molar-refractivity contribution in [2.75, 3.05) is 0 Å². The van der Waals surface area contributed by atoms with E-state index >= 15 is 0 Å². The first-order chi connectivity index (χ1) is 11.2. The first-order valence-electron chi connectivity index (χ1n) is 7.09. The van der Waals surface area contributed by atoms with Gasteiger partial charge in [0.2, 0.25) is 0 Å². The third-order valence-corrected chi connectivity index (χ3v) is 5.34. The van der Waals surface area contributed by atoms with Gasteiger partial charge in [0.15, 0.2) is 0 Å². The molecule has 0 aliphatic carbocycles. The molecule has 0 radical (unpaired) electrons. The second-order valence-electron chi connectivity index (χ2n) is 5.12. The molecule has 116 valence electrons. The van der Waals surface area contributed by atoms with Gasteiger partial charge in [-0.2, -0.15) is 0 Å². The number of hydrogen-bond donors (Lipinski definition) is 0. The second-order valence-corrected chi connectivity index (χ2v) is 6.91. The Labute approximate surface area is 138 Å². The second kappa shape index (κ2) is 5.71. The largest absolute Gasteiger partial charge is 0.299 e. The summed E-state index contributed by atoms with van der Waals surface area (Å²) in [7, 11) is 0. The predicted octanol–water partition coefficient (Wildman–Crippen LogP) is 2.32. The lowest BCUT2D eigenvalue weighted by Crippen LogP contribution is -2.23. The van der Waals surface area contributed by atoms with Crippen LogP contribution in [-0.4, -0.2) is 19.1 Å². The van der Waals surface area contributed by atoms with Crippen LogP contribution in [0.5, 0.6) is 0 Å². The smallest absolute Gasteiger partial charge is 0.262 e. The fraction of sp³-hybridized carbons (Fsp3) is 0.200. The fourth-order valence-corrected chi connectivity index (χ4v) is 3.96. The van der Waals surface area contributed by atoms with E-state index in [4.69, 9.17) is 0 Å². The molecule has 4 aromatic heterocycles. The van der Waals surface area contributed by atoms with Gasteiger partial charge in [0.1, 0.15) is 9.66 Å². The maximum absolute atomic E-state index is 12.3. The van der Waals surface area contributed by atoms with Crippen LogP contribution in [0.3, 0.4) is 0 Å². The molecule has 4 rings (SSSR count). The van der Waals surface area contributed by atoms with E-state index in [2.05, 4.69) is 9.97 Å². The minimum atomic E-state index is -0.0324. The molecule has 0 N–H and O–H groups in total. The maximum Gasteiger partial charge on any atom is 0.262 e. The summed E-state index contributed by atoms with van der Waals surface area (Å²) >= 11 is 2.92. The summed E-state index contributed by atoms with van der Waals surface area (Å²) in [6.45, 7) is 1.04. The van der Waals surface area contributed by atoms with Crippen molar-refractivity contribution in [2.45, 2.75) is 19.5 Å². The van der Waals surface area contributed by atoms with Crippen LogP contribution in [0.2, 0.25) is 0 Å². The molecule has 0 spiro atoms. The molecule has 0 saturated heterocycles. The summed E-state index contributed by atoms with van der Waals surface area (Å²) in [6.07, 6.45) is 3.81. The number of hydrogen-bond acceptors (Lipinski definition) is 6. The Morgan fingerprint density at radius 2 is 1.30 bits per heavy atom. The molecule has 0 atom stereocenters. The zero-order valence-electron chi connectivity index (χ0n) is 12.0. The highest BCUT2D eigenvalue weighted by Crippen LogP contribution is 2.14. The Morgan fingerprint density at radius 1 is 0.826 bits per heavy atom. The van der Waals surface area contributed by atoms with Gasteiger partial charge >= 0.3 is 0 Å². The van der Waals surface area contributed by atoms with Crippen LogP contribution >= 0.6 is 22.7 Å². The number of rotatable bonds is 4. The molecule has 0 unspecified atom stereocenters. The van der Waals surface area contributed by atoms with Gasteiger partial charge in [-0.15, -0.1) is 22.7 Å². The minimum absolute atomic E-state index is 0.0324. The average molecular weight is 344 g/mol. The van der Waals surface area contributed by atoms with Gasteiger partial charge in [-0.3, -0.25) is 18.7 Å². The summed E-state index contributed by atoms with van der Waals surface area (Å²) in [5, 5.41) is 5.03. The highest BCUT2D eigenvalue weighted by molar-refractivity contribution is 7.17. The third-order valence-electron chi connectivity index (χ3n) is 3.70. The van der Waals surface area contributed by atoms with Gasteiger partial charge in [-0.25, -0.2) is 9.97 Å². The monoisotopic (exact) mass is 344 g/mol. The van der Waals surface area contributed by atoms with Crippen molar-refractivity contribution in [2.24, 2.45) is 0 Å². The molecule has 8 heteroatoms. The third kappa shape index (κ3) is 2.49. The molecule has 4 heterocycles. The highest BCUT2D eigenvalue weighted by Gasteiger charge is 2.07. The van der Waals surface area contributed by atoms with E-state index in [0.717, 1.165) is 9.66 Å².